The maximum atomic E-state index is 12.5. The van der Waals surface area contributed by atoms with E-state index in [9.17, 15) is 4.79 Å². The van der Waals surface area contributed by atoms with Crippen molar-refractivity contribution in [1.82, 2.24) is 9.97 Å². The number of anilines is 3. The molecule has 5 heteroatoms. The van der Waals surface area contributed by atoms with E-state index in [0.29, 0.717) is 11.5 Å². The number of carbonyl (C=O) groups is 1. The van der Waals surface area contributed by atoms with Gasteiger partial charge in [0.2, 0.25) is 0 Å². The summed E-state index contributed by atoms with van der Waals surface area (Å²) in [4.78, 5) is 23.3. The third-order valence-electron chi connectivity index (χ3n) is 4.26. The van der Waals surface area contributed by atoms with E-state index in [2.05, 4.69) is 52.2 Å². The largest absolute Gasteiger partial charge is 0.325 e. The Morgan fingerprint density at radius 1 is 0.963 bits per heavy atom. The van der Waals surface area contributed by atoms with Crippen LogP contribution in [0, 0.1) is 20.8 Å². The van der Waals surface area contributed by atoms with E-state index in [1.54, 1.807) is 6.20 Å². The molecule has 0 aliphatic rings. The highest BCUT2D eigenvalue weighted by molar-refractivity contribution is 6.02. The molecule has 27 heavy (non-hydrogen) atoms. The molecule has 1 N–H and O–H groups in total. The van der Waals surface area contributed by atoms with Crippen molar-refractivity contribution in [3.63, 3.8) is 0 Å². The molecule has 2 aromatic carbocycles. The molecular weight excluding hydrogens is 336 g/mol. The Morgan fingerprint density at radius 2 is 1.70 bits per heavy atom. The van der Waals surface area contributed by atoms with Crippen LogP contribution in [0.3, 0.4) is 0 Å². The van der Waals surface area contributed by atoms with Gasteiger partial charge in [0, 0.05) is 17.9 Å². The van der Waals surface area contributed by atoms with Crippen LogP contribution in [-0.2, 0) is 0 Å². The number of aryl methyl sites for hydroxylation is 3. The predicted molar refractivity (Wildman–Crippen MR) is 110 cm³/mol. The number of hydrogen-bond acceptors (Lipinski definition) is 4. The first kappa shape index (κ1) is 18.6. The minimum absolute atomic E-state index is 0.266. The fraction of sp³-hybridized carbons (Fsp3) is 0.227. The highest BCUT2D eigenvalue weighted by Crippen LogP contribution is 2.23. The van der Waals surface area contributed by atoms with E-state index in [1.807, 2.05) is 38.1 Å². The van der Waals surface area contributed by atoms with Gasteiger partial charge in [0.05, 0.1) is 12.4 Å². The van der Waals surface area contributed by atoms with E-state index >= 15 is 0 Å². The second-order valence-corrected chi connectivity index (χ2v) is 6.67. The maximum absolute atomic E-state index is 12.5. The van der Waals surface area contributed by atoms with Crippen LogP contribution in [0.15, 0.2) is 54.9 Å². The summed E-state index contributed by atoms with van der Waals surface area (Å²) in [7, 11) is 0. The molecular formula is C22H24N4O. The van der Waals surface area contributed by atoms with Gasteiger partial charge in [-0.25, -0.2) is 9.97 Å². The summed E-state index contributed by atoms with van der Waals surface area (Å²) in [6, 6.07) is 14.2. The van der Waals surface area contributed by atoms with E-state index < -0.39 is 0 Å². The molecule has 0 unspecified atom stereocenters. The molecule has 1 amide bonds. The zero-order valence-corrected chi connectivity index (χ0v) is 16.2. The van der Waals surface area contributed by atoms with Crippen LogP contribution in [0.2, 0.25) is 0 Å². The number of aromatic nitrogens is 2. The van der Waals surface area contributed by atoms with Crippen LogP contribution in [0.4, 0.5) is 17.2 Å². The van der Waals surface area contributed by atoms with Crippen LogP contribution in [0.5, 0.6) is 0 Å². The Balaban J connectivity index is 1.78. The summed E-state index contributed by atoms with van der Waals surface area (Å²) >= 11 is 0. The molecule has 138 valence electrons. The molecule has 0 atom stereocenters. The first-order valence-electron chi connectivity index (χ1n) is 9.02. The average Bonchev–Trinajstić information content (AvgIpc) is 2.62. The predicted octanol–water partition coefficient (Wildman–Crippen LogP) is 4.81. The average molecular weight is 360 g/mol. The van der Waals surface area contributed by atoms with Crippen molar-refractivity contribution in [3.8, 4) is 0 Å². The lowest BCUT2D eigenvalue weighted by atomic mass is 10.1. The van der Waals surface area contributed by atoms with Gasteiger partial charge in [-0.1, -0.05) is 18.2 Å². The van der Waals surface area contributed by atoms with Gasteiger partial charge < -0.3 is 10.2 Å². The van der Waals surface area contributed by atoms with E-state index in [0.717, 1.165) is 29.0 Å². The van der Waals surface area contributed by atoms with Crippen molar-refractivity contribution in [2.24, 2.45) is 0 Å². The molecule has 0 saturated carbocycles. The smallest absolute Gasteiger partial charge is 0.275 e. The lowest BCUT2D eigenvalue weighted by Gasteiger charge is -2.22. The number of carbonyl (C=O) groups excluding carboxylic acids is 1. The molecule has 0 saturated heterocycles. The van der Waals surface area contributed by atoms with Crippen molar-refractivity contribution in [1.29, 1.82) is 0 Å². The first-order chi connectivity index (χ1) is 13.0. The quantitative estimate of drug-likeness (QED) is 0.709. The molecule has 0 spiro atoms. The fourth-order valence-electron chi connectivity index (χ4n) is 3.09. The second-order valence-electron chi connectivity index (χ2n) is 6.67. The molecule has 0 aliphatic heterocycles. The Morgan fingerprint density at radius 3 is 2.30 bits per heavy atom. The lowest BCUT2D eigenvalue weighted by molar-refractivity contribution is 0.102. The van der Waals surface area contributed by atoms with Crippen molar-refractivity contribution in [2.45, 2.75) is 27.7 Å². The van der Waals surface area contributed by atoms with Crippen LogP contribution < -0.4 is 10.2 Å². The molecule has 0 aliphatic carbocycles. The SMILES string of the molecule is CCN(c1cccc(C)c1)c1cnc(C(=O)Nc2cc(C)cc(C)c2)cn1. The first-order valence-corrected chi connectivity index (χ1v) is 9.02. The number of hydrogen-bond donors (Lipinski definition) is 1. The number of nitrogens with one attached hydrogen (secondary N) is 1. The monoisotopic (exact) mass is 360 g/mol. The number of nitrogens with zero attached hydrogens (tertiary/aromatic N) is 3. The molecule has 0 fully saturated rings. The van der Waals surface area contributed by atoms with Crippen molar-refractivity contribution in [3.05, 3.63) is 77.2 Å². The highest BCUT2D eigenvalue weighted by Gasteiger charge is 2.13. The Labute approximate surface area is 160 Å². The number of rotatable bonds is 5. The minimum atomic E-state index is -0.266. The van der Waals surface area contributed by atoms with Crippen molar-refractivity contribution >= 4 is 23.1 Å². The highest BCUT2D eigenvalue weighted by atomic mass is 16.1. The van der Waals surface area contributed by atoms with Crippen LogP contribution >= 0.6 is 0 Å². The Bertz CT molecular complexity index is 931. The summed E-state index contributed by atoms with van der Waals surface area (Å²) in [6.45, 7) is 8.88. The van der Waals surface area contributed by atoms with Gasteiger partial charge in [-0.2, -0.15) is 0 Å². The molecule has 1 heterocycles. The molecule has 3 aromatic rings. The molecule has 5 nitrogen and oxygen atoms in total. The van der Waals surface area contributed by atoms with Crippen LogP contribution in [0.1, 0.15) is 34.1 Å². The molecule has 0 bridgehead atoms. The van der Waals surface area contributed by atoms with E-state index in [4.69, 9.17) is 0 Å². The fourth-order valence-corrected chi connectivity index (χ4v) is 3.09. The lowest BCUT2D eigenvalue weighted by Crippen LogP contribution is -2.19. The van der Waals surface area contributed by atoms with Crippen molar-refractivity contribution < 1.29 is 4.79 Å². The standard InChI is InChI=1S/C22H24N4O/c1-5-26(19-8-6-7-15(2)12-19)21-14-23-20(13-24-21)22(27)25-18-10-16(3)9-17(4)11-18/h6-14H,5H2,1-4H3,(H,25,27). The summed E-state index contributed by atoms with van der Waals surface area (Å²) < 4.78 is 0. The number of benzene rings is 2. The zero-order valence-electron chi connectivity index (χ0n) is 16.2. The maximum Gasteiger partial charge on any atom is 0.275 e. The van der Waals surface area contributed by atoms with Gasteiger partial charge >= 0.3 is 0 Å². The second kappa shape index (κ2) is 7.99. The van der Waals surface area contributed by atoms with E-state index in [-0.39, 0.29) is 5.91 Å². The van der Waals surface area contributed by atoms with Gasteiger partial charge in [-0.15, -0.1) is 0 Å². The normalized spacial score (nSPS) is 10.5. The topological polar surface area (TPSA) is 58.1 Å². The summed E-state index contributed by atoms with van der Waals surface area (Å²) in [5, 5.41) is 2.89. The molecule has 1 aromatic heterocycles. The van der Waals surface area contributed by atoms with Crippen molar-refractivity contribution in [2.75, 3.05) is 16.8 Å². The summed E-state index contributed by atoms with van der Waals surface area (Å²) in [6.07, 6.45) is 3.16. The zero-order chi connectivity index (χ0) is 19.4. The van der Waals surface area contributed by atoms with Gasteiger partial charge in [-0.05, 0) is 68.7 Å². The Kier molecular flexibility index (Phi) is 5.50. The van der Waals surface area contributed by atoms with Crippen LogP contribution in [-0.4, -0.2) is 22.4 Å². The molecule has 0 radical (unpaired) electrons. The summed E-state index contributed by atoms with van der Waals surface area (Å²) in [5.41, 5.74) is 5.49. The van der Waals surface area contributed by atoms with Gasteiger partial charge in [0.25, 0.3) is 5.91 Å². The Hall–Kier alpha value is -3.21. The third-order valence-corrected chi connectivity index (χ3v) is 4.26. The summed E-state index contributed by atoms with van der Waals surface area (Å²) in [5.74, 6) is 0.448. The third kappa shape index (κ3) is 4.50. The van der Waals surface area contributed by atoms with Gasteiger partial charge in [0.15, 0.2) is 5.82 Å². The minimum Gasteiger partial charge on any atom is -0.325 e. The molecule has 3 rings (SSSR count). The van der Waals surface area contributed by atoms with Gasteiger partial charge in [-0.3, -0.25) is 4.79 Å². The van der Waals surface area contributed by atoms with Crippen LogP contribution in [0.25, 0.3) is 0 Å². The van der Waals surface area contributed by atoms with E-state index in [1.165, 1.54) is 11.8 Å². The number of amides is 1. The van der Waals surface area contributed by atoms with Gasteiger partial charge in [0.1, 0.15) is 5.69 Å².